The molecule has 0 atom stereocenters. The van der Waals surface area contributed by atoms with Gasteiger partial charge in [0.1, 0.15) is 11.0 Å². The van der Waals surface area contributed by atoms with Gasteiger partial charge in [0.25, 0.3) is 0 Å². The van der Waals surface area contributed by atoms with Crippen molar-refractivity contribution in [1.29, 1.82) is 0 Å². The summed E-state index contributed by atoms with van der Waals surface area (Å²) in [6.45, 7) is 0.618. The fourth-order valence-electron chi connectivity index (χ4n) is 1.12. The summed E-state index contributed by atoms with van der Waals surface area (Å²) in [5.41, 5.74) is 0. The molecule has 0 aromatic carbocycles. The summed E-state index contributed by atoms with van der Waals surface area (Å²) < 4.78 is 0. The molecule has 1 aromatic heterocycles. The zero-order chi connectivity index (χ0) is 11.3. The number of halogens is 2. The van der Waals surface area contributed by atoms with Gasteiger partial charge in [-0.05, 0) is 11.6 Å². The number of aliphatic hydroxyl groups excluding tert-OH is 2. The smallest absolute Gasteiger partial charge is 0.225 e. The molecular formula is C8H11Cl2N3O2. The second kappa shape index (κ2) is 6.07. The van der Waals surface area contributed by atoms with Gasteiger partial charge in [0.2, 0.25) is 5.28 Å². The van der Waals surface area contributed by atoms with Crippen molar-refractivity contribution in [3.8, 4) is 0 Å². The minimum absolute atomic E-state index is 0.0402. The van der Waals surface area contributed by atoms with Crippen molar-refractivity contribution in [2.45, 2.75) is 0 Å². The maximum Gasteiger partial charge on any atom is 0.225 e. The maximum absolute atomic E-state index is 8.83. The number of aromatic nitrogens is 2. The Morgan fingerprint density at radius 1 is 1.13 bits per heavy atom. The van der Waals surface area contributed by atoms with Crippen LogP contribution in [0.3, 0.4) is 0 Å². The highest BCUT2D eigenvalue weighted by Crippen LogP contribution is 2.17. The van der Waals surface area contributed by atoms with Gasteiger partial charge in [-0.2, -0.15) is 0 Å². The van der Waals surface area contributed by atoms with Crippen LogP contribution in [-0.4, -0.2) is 46.5 Å². The van der Waals surface area contributed by atoms with Crippen LogP contribution in [0.1, 0.15) is 0 Å². The van der Waals surface area contributed by atoms with Crippen LogP contribution in [0.15, 0.2) is 6.07 Å². The number of rotatable bonds is 5. The first-order valence-electron chi connectivity index (χ1n) is 4.34. The van der Waals surface area contributed by atoms with Crippen molar-refractivity contribution in [2.24, 2.45) is 0 Å². The molecule has 0 radical (unpaired) electrons. The highest BCUT2D eigenvalue weighted by Gasteiger charge is 2.09. The Labute approximate surface area is 97.3 Å². The molecule has 0 amide bonds. The summed E-state index contributed by atoms with van der Waals surface area (Å²) in [5.74, 6) is 0.489. The summed E-state index contributed by atoms with van der Waals surface area (Å²) in [6.07, 6.45) is 0. The van der Waals surface area contributed by atoms with Gasteiger partial charge in [0, 0.05) is 19.2 Å². The number of anilines is 1. The van der Waals surface area contributed by atoms with Crippen molar-refractivity contribution in [1.82, 2.24) is 9.97 Å². The normalized spacial score (nSPS) is 10.4. The minimum Gasteiger partial charge on any atom is -0.395 e. The fourth-order valence-corrected chi connectivity index (χ4v) is 1.52. The van der Waals surface area contributed by atoms with E-state index in [-0.39, 0.29) is 23.7 Å². The van der Waals surface area contributed by atoms with Gasteiger partial charge in [0.05, 0.1) is 13.2 Å². The standard InChI is InChI=1S/C8H11Cl2N3O2/c9-6-5-7(12-8(10)11-6)13(1-3-14)2-4-15/h5,14-15H,1-4H2. The third-order valence-electron chi connectivity index (χ3n) is 1.72. The van der Waals surface area contributed by atoms with Gasteiger partial charge in [0.15, 0.2) is 0 Å². The van der Waals surface area contributed by atoms with E-state index in [1.807, 2.05) is 0 Å². The molecule has 0 bridgehead atoms. The number of hydrogen-bond acceptors (Lipinski definition) is 5. The van der Waals surface area contributed by atoms with Crippen LogP contribution in [0.4, 0.5) is 5.82 Å². The van der Waals surface area contributed by atoms with E-state index < -0.39 is 0 Å². The van der Waals surface area contributed by atoms with E-state index in [2.05, 4.69) is 9.97 Å². The fraction of sp³-hybridized carbons (Fsp3) is 0.500. The van der Waals surface area contributed by atoms with E-state index in [9.17, 15) is 0 Å². The molecule has 1 aromatic rings. The molecule has 0 fully saturated rings. The van der Waals surface area contributed by atoms with E-state index in [1.165, 1.54) is 6.07 Å². The quantitative estimate of drug-likeness (QED) is 0.592. The average molecular weight is 252 g/mol. The molecule has 15 heavy (non-hydrogen) atoms. The number of aliphatic hydroxyl groups is 2. The lowest BCUT2D eigenvalue weighted by Crippen LogP contribution is -2.30. The Balaban J connectivity index is 2.88. The first-order chi connectivity index (χ1) is 7.17. The summed E-state index contributed by atoms with van der Waals surface area (Å²) in [6, 6.07) is 1.53. The second-order valence-electron chi connectivity index (χ2n) is 2.75. The molecule has 0 aliphatic carbocycles. The van der Waals surface area contributed by atoms with Crippen molar-refractivity contribution < 1.29 is 10.2 Å². The van der Waals surface area contributed by atoms with Crippen molar-refractivity contribution in [3.05, 3.63) is 16.5 Å². The van der Waals surface area contributed by atoms with E-state index >= 15 is 0 Å². The van der Waals surface area contributed by atoms with Gasteiger partial charge >= 0.3 is 0 Å². The van der Waals surface area contributed by atoms with Crippen LogP contribution >= 0.6 is 23.2 Å². The first kappa shape index (κ1) is 12.4. The highest BCUT2D eigenvalue weighted by atomic mass is 35.5. The molecular weight excluding hydrogens is 241 g/mol. The predicted molar refractivity (Wildman–Crippen MR) is 58.4 cm³/mol. The van der Waals surface area contributed by atoms with Gasteiger partial charge in [-0.3, -0.25) is 0 Å². The Bertz CT molecular complexity index is 299. The Morgan fingerprint density at radius 2 is 1.73 bits per heavy atom. The van der Waals surface area contributed by atoms with Gasteiger partial charge in [-0.25, -0.2) is 9.97 Å². The van der Waals surface area contributed by atoms with Gasteiger partial charge in [-0.15, -0.1) is 0 Å². The van der Waals surface area contributed by atoms with Crippen LogP contribution in [-0.2, 0) is 0 Å². The molecule has 2 N–H and O–H groups in total. The topological polar surface area (TPSA) is 69.5 Å². The largest absolute Gasteiger partial charge is 0.395 e. The van der Waals surface area contributed by atoms with E-state index in [1.54, 1.807) is 4.90 Å². The summed E-state index contributed by atoms with van der Waals surface area (Å²) >= 11 is 11.3. The molecule has 0 aliphatic heterocycles. The van der Waals surface area contributed by atoms with E-state index in [0.717, 1.165) is 0 Å². The maximum atomic E-state index is 8.83. The molecule has 0 unspecified atom stereocenters. The van der Waals surface area contributed by atoms with Crippen molar-refractivity contribution in [3.63, 3.8) is 0 Å². The lowest BCUT2D eigenvalue weighted by Gasteiger charge is -2.21. The highest BCUT2D eigenvalue weighted by molar-refractivity contribution is 6.32. The predicted octanol–water partition coefficient (Wildman–Crippen LogP) is 0.574. The molecule has 0 aliphatic rings. The zero-order valence-electron chi connectivity index (χ0n) is 7.90. The molecule has 84 valence electrons. The van der Waals surface area contributed by atoms with Crippen LogP contribution in [0.5, 0.6) is 0 Å². The SMILES string of the molecule is OCCN(CCO)c1cc(Cl)nc(Cl)n1. The minimum atomic E-state index is -0.0424. The van der Waals surface area contributed by atoms with Crippen molar-refractivity contribution >= 4 is 29.0 Å². The van der Waals surface area contributed by atoms with Crippen molar-refractivity contribution in [2.75, 3.05) is 31.2 Å². The summed E-state index contributed by atoms with van der Waals surface area (Å²) in [5, 5.41) is 17.9. The van der Waals surface area contributed by atoms with Gasteiger partial charge in [-0.1, -0.05) is 11.6 Å². The van der Waals surface area contributed by atoms with Crippen LogP contribution < -0.4 is 4.90 Å². The Morgan fingerprint density at radius 3 is 2.20 bits per heavy atom. The van der Waals surface area contributed by atoms with E-state index in [4.69, 9.17) is 33.4 Å². The van der Waals surface area contributed by atoms with Crippen LogP contribution in [0.2, 0.25) is 10.4 Å². The van der Waals surface area contributed by atoms with Crippen LogP contribution in [0.25, 0.3) is 0 Å². The lowest BCUT2D eigenvalue weighted by atomic mass is 10.4. The molecule has 1 heterocycles. The molecule has 0 saturated heterocycles. The zero-order valence-corrected chi connectivity index (χ0v) is 9.41. The molecule has 1 rings (SSSR count). The monoisotopic (exact) mass is 251 g/mol. The first-order valence-corrected chi connectivity index (χ1v) is 5.09. The van der Waals surface area contributed by atoms with Gasteiger partial charge < -0.3 is 15.1 Å². The lowest BCUT2D eigenvalue weighted by molar-refractivity contribution is 0.280. The number of hydrogen-bond donors (Lipinski definition) is 2. The molecule has 0 saturated carbocycles. The molecule has 5 nitrogen and oxygen atoms in total. The average Bonchev–Trinajstić information content (AvgIpc) is 2.16. The Hall–Kier alpha value is -0.620. The second-order valence-corrected chi connectivity index (χ2v) is 3.48. The van der Waals surface area contributed by atoms with E-state index in [0.29, 0.717) is 18.9 Å². The Kier molecular flexibility index (Phi) is 5.04. The third kappa shape index (κ3) is 3.79. The molecule has 0 spiro atoms. The molecule has 7 heteroatoms. The van der Waals surface area contributed by atoms with Crippen LogP contribution in [0, 0.1) is 0 Å². The number of nitrogens with zero attached hydrogens (tertiary/aromatic N) is 3. The third-order valence-corrected chi connectivity index (χ3v) is 2.08. The summed E-state index contributed by atoms with van der Waals surface area (Å²) in [7, 11) is 0. The summed E-state index contributed by atoms with van der Waals surface area (Å²) in [4.78, 5) is 9.32.